The molecule has 0 spiro atoms. The third-order valence-electron chi connectivity index (χ3n) is 2.74. The number of benzene rings is 2. The molecule has 2 aromatic carbocycles. The quantitative estimate of drug-likeness (QED) is 0.749. The summed E-state index contributed by atoms with van der Waals surface area (Å²) in [5, 5.41) is 0. The maximum atomic E-state index is 2.26. The highest BCUT2D eigenvalue weighted by molar-refractivity contribution is 5.47. The van der Waals surface area contributed by atoms with Crippen molar-refractivity contribution in [1.29, 1.82) is 0 Å². The van der Waals surface area contributed by atoms with Crippen molar-refractivity contribution in [2.24, 2.45) is 0 Å². The molecule has 0 amide bonds. The van der Waals surface area contributed by atoms with Crippen molar-refractivity contribution in [1.82, 2.24) is 0 Å². The molecule has 1 nitrogen and oxygen atoms in total. The number of nitrogens with zero attached hydrogens (tertiary/aromatic N) is 1. The molecule has 0 unspecified atom stereocenters. The van der Waals surface area contributed by atoms with E-state index in [4.69, 9.17) is 0 Å². The fourth-order valence-corrected chi connectivity index (χ4v) is 1.75. The van der Waals surface area contributed by atoms with Crippen LogP contribution in [0.1, 0.15) is 11.1 Å². The number of anilines is 1. The molecular formula is C15H17N. The van der Waals surface area contributed by atoms with Gasteiger partial charge in [-0.3, -0.25) is 0 Å². The summed E-state index contributed by atoms with van der Waals surface area (Å²) in [7, 11) is 2.12. The van der Waals surface area contributed by atoms with Gasteiger partial charge >= 0.3 is 0 Å². The van der Waals surface area contributed by atoms with E-state index < -0.39 is 0 Å². The van der Waals surface area contributed by atoms with Gasteiger partial charge in [0.2, 0.25) is 0 Å². The summed E-state index contributed by atoms with van der Waals surface area (Å²) >= 11 is 0. The zero-order valence-corrected chi connectivity index (χ0v) is 9.85. The Hall–Kier alpha value is -1.76. The molecular weight excluding hydrogens is 194 g/mol. The first-order valence-electron chi connectivity index (χ1n) is 5.57. The van der Waals surface area contributed by atoms with Gasteiger partial charge in [0.15, 0.2) is 0 Å². The molecule has 0 saturated carbocycles. The molecule has 0 N–H and O–H groups in total. The standard InChI is InChI=1S/C15H17N/c1-13-8-10-15(11-9-13)16(2)12-14-6-4-3-5-7-14/h3-11H,12H2,1-2H3. The molecule has 0 aliphatic rings. The minimum Gasteiger partial charge on any atom is -0.370 e. The SMILES string of the molecule is Cc1ccc(N(C)Cc2ccccc2)cc1. The van der Waals surface area contributed by atoms with Crippen molar-refractivity contribution in [3.8, 4) is 0 Å². The molecule has 0 saturated heterocycles. The van der Waals surface area contributed by atoms with Gasteiger partial charge in [0, 0.05) is 19.3 Å². The maximum absolute atomic E-state index is 2.26. The first-order chi connectivity index (χ1) is 7.75. The predicted octanol–water partition coefficient (Wildman–Crippen LogP) is 3.63. The lowest BCUT2D eigenvalue weighted by atomic mass is 10.2. The second kappa shape index (κ2) is 4.84. The van der Waals surface area contributed by atoms with Crippen LogP contribution in [0, 0.1) is 6.92 Å². The van der Waals surface area contributed by atoms with Gasteiger partial charge in [-0.1, -0.05) is 48.0 Å². The van der Waals surface area contributed by atoms with Crippen LogP contribution in [0.3, 0.4) is 0 Å². The molecule has 0 aromatic heterocycles. The number of hydrogen-bond acceptors (Lipinski definition) is 1. The summed E-state index contributed by atoms with van der Waals surface area (Å²) in [6, 6.07) is 19.2. The monoisotopic (exact) mass is 211 g/mol. The molecule has 0 atom stereocenters. The third kappa shape index (κ3) is 2.63. The number of hydrogen-bond donors (Lipinski definition) is 0. The van der Waals surface area contributed by atoms with Gasteiger partial charge in [0.05, 0.1) is 0 Å². The van der Waals surface area contributed by atoms with Crippen LogP contribution in [-0.4, -0.2) is 7.05 Å². The van der Waals surface area contributed by atoms with Gasteiger partial charge in [-0.15, -0.1) is 0 Å². The Morgan fingerprint density at radius 3 is 2.12 bits per heavy atom. The number of aryl methyl sites for hydroxylation is 1. The first-order valence-corrected chi connectivity index (χ1v) is 5.57. The van der Waals surface area contributed by atoms with E-state index >= 15 is 0 Å². The average Bonchev–Trinajstić information content (AvgIpc) is 2.31. The van der Waals surface area contributed by atoms with Crippen molar-refractivity contribution in [3.05, 3.63) is 65.7 Å². The second-order valence-corrected chi connectivity index (χ2v) is 4.18. The van der Waals surface area contributed by atoms with E-state index in [1.165, 1.54) is 16.8 Å². The van der Waals surface area contributed by atoms with Crippen molar-refractivity contribution in [2.75, 3.05) is 11.9 Å². The summed E-state index contributed by atoms with van der Waals surface area (Å²) in [6.45, 7) is 3.06. The Morgan fingerprint density at radius 2 is 1.50 bits per heavy atom. The van der Waals surface area contributed by atoms with E-state index in [2.05, 4.69) is 73.5 Å². The molecule has 1 heteroatoms. The Balaban J connectivity index is 2.09. The molecule has 16 heavy (non-hydrogen) atoms. The maximum Gasteiger partial charge on any atom is 0.0426 e. The average molecular weight is 211 g/mol. The van der Waals surface area contributed by atoms with Crippen LogP contribution >= 0.6 is 0 Å². The normalized spacial score (nSPS) is 10.1. The zero-order valence-electron chi connectivity index (χ0n) is 9.85. The molecule has 0 aliphatic carbocycles. The van der Waals surface area contributed by atoms with Crippen molar-refractivity contribution in [2.45, 2.75) is 13.5 Å². The highest BCUT2D eigenvalue weighted by Gasteiger charge is 2.00. The fourth-order valence-electron chi connectivity index (χ4n) is 1.75. The zero-order chi connectivity index (χ0) is 11.4. The summed E-state index contributed by atoms with van der Waals surface area (Å²) in [5.41, 5.74) is 3.90. The molecule has 0 aliphatic heterocycles. The highest BCUT2D eigenvalue weighted by atomic mass is 15.1. The van der Waals surface area contributed by atoms with Gasteiger partial charge in [-0.25, -0.2) is 0 Å². The van der Waals surface area contributed by atoms with E-state index in [1.807, 2.05) is 0 Å². The minimum atomic E-state index is 0.948. The van der Waals surface area contributed by atoms with Crippen LogP contribution in [0.25, 0.3) is 0 Å². The topological polar surface area (TPSA) is 3.24 Å². The summed E-state index contributed by atoms with van der Waals surface area (Å²) in [5.74, 6) is 0. The Morgan fingerprint density at radius 1 is 0.875 bits per heavy atom. The van der Waals surface area contributed by atoms with Gasteiger partial charge in [-0.05, 0) is 24.6 Å². The summed E-state index contributed by atoms with van der Waals surface area (Å²) < 4.78 is 0. The van der Waals surface area contributed by atoms with Gasteiger partial charge in [0.25, 0.3) is 0 Å². The van der Waals surface area contributed by atoms with Gasteiger partial charge in [0.1, 0.15) is 0 Å². The Labute approximate surface area is 97.3 Å². The van der Waals surface area contributed by atoms with E-state index in [9.17, 15) is 0 Å². The molecule has 0 radical (unpaired) electrons. The van der Waals surface area contributed by atoms with E-state index in [-0.39, 0.29) is 0 Å². The lowest BCUT2D eigenvalue weighted by Crippen LogP contribution is -2.15. The van der Waals surface area contributed by atoms with Crippen LogP contribution in [-0.2, 0) is 6.54 Å². The summed E-state index contributed by atoms with van der Waals surface area (Å²) in [6.07, 6.45) is 0. The van der Waals surface area contributed by atoms with Crippen molar-refractivity contribution in [3.63, 3.8) is 0 Å². The van der Waals surface area contributed by atoms with Crippen molar-refractivity contribution >= 4 is 5.69 Å². The molecule has 0 fully saturated rings. The van der Waals surface area contributed by atoms with E-state index in [0.29, 0.717) is 0 Å². The number of rotatable bonds is 3. The van der Waals surface area contributed by atoms with E-state index in [1.54, 1.807) is 0 Å². The molecule has 82 valence electrons. The van der Waals surface area contributed by atoms with Crippen LogP contribution in [0.2, 0.25) is 0 Å². The van der Waals surface area contributed by atoms with Crippen LogP contribution in [0.15, 0.2) is 54.6 Å². The van der Waals surface area contributed by atoms with Crippen LogP contribution in [0.4, 0.5) is 5.69 Å². The van der Waals surface area contributed by atoms with Crippen LogP contribution < -0.4 is 4.90 Å². The molecule has 0 bridgehead atoms. The van der Waals surface area contributed by atoms with E-state index in [0.717, 1.165) is 6.54 Å². The molecule has 2 aromatic rings. The molecule has 2 rings (SSSR count). The minimum absolute atomic E-state index is 0.948. The predicted molar refractivity (Wildman–Crippen MR) is 69.7 cm³/mol. The second-order valence-electron chi connectivity index (χ2n) is 4.18. The molecule has 0 heterocycles. The Bertz CT molecular complexity index is 431. The largest absolute Gasteiger partial charge is 0.370 e. The highest BCUT2D eigenvalue weighted by Crippen LogP contribution is 2.15. The summed E-state index contributed by atoms with van der Waals surface area (Å²) in [4.78, 5) is 2.26. The van der Waals surface area contributed by atoms with Crippen molar-refractivity contribution < 1.29 is 0 Å². The smallest absolute Gasteiger partial charge is 0.0426 e. The lowest BCUT2D eigenvalue weighted by molar-refractivity contribution is 0.923. The fraction of sp³-hybridized carbons (Fsp3) is 0.200. The van der Waals surface area contributed by atoms with Gasteiger partial charge in [-0.2, -0.15) is 0 Å². The third-order valence-corrected chi connectivity index (χ3v) is 2.74. The first kappa shape index (κ1) is 10.7. The van der Waals surface area contributed by atoms with Crippen LogP contribution in [0.5, 0.6) is 0 Å². The Kier molecular flexibility index (Phi) is 3.25. The lowest BCUT2D eigenvalue weighted by Gasteiger charge is -2.19. The van der Waals surface area contributed by atoms with Gasteiger partial charge < -0.3 is 4.90 Å².